The van der Waals surface area contributed by atoms with E-state index < -0.39 is 5.97 Å². The number of aromatic carboxylic acids is 1. The molecule has 1 aromatic carbocycles. The molecular formula is C15H12N2O3. The van der Waals surface area contributed by atoms with E-state index in [2.05, 4.69) is 4.98 Å². The Bertz CT molecular complexity index is 828. The van der Waals surface area contributed by atoms with Crippen molar-refractivity contribution in [2.24, 2.45) is 0 Å². The van der Waals surface area contributed by atoms with Gasteiger partial charge in [-0.15, -0.1) is 0 Å². The number of fused-ring (bicyclic) bond motifs is 1. The number of carboxylic acid groups (broad SMARTS) is 1. The summed E-state index contributed by atoms with van der Waals surface area (Å²) in [6.07, 6.45) is 4.23. The molecule has 2 heterocycles. The van der Waals surface area contributed by atoms with Crippen LogP contribution in [0, 0.1) is 0 Å². The fourth-order valence-electron chi connectivity index (χ4n) is 2.18. The number of benzene rings is 1. The first-order valence-electron chi connectivity index (χ1n) is 6.14. The van der Waals surface area contributed by atoms with Gasteiger partial charge in [-0.2, -0.15) is 0 Å². The van der Waals surface area contributed by atoms with E-state index >= 15 is 0 Å². The summed E-state index contributed by atoms with van der Waals surface area (Å²) in [7, 11) is 0. The third kappa shape index (κ3) is 2.21. The lowest BCUT2D eigenvalue weighted by atomic mass is 10.1. The third-order valence-electron chi connectivity index (χ3n) is 3.18. The minimum absolute atomic E-state index is 0.130. The normalized spacial score (nSPS) is 10.8. The molecule has 0 aliphatic rings. The molecule has 3 rings (SSSR count). The molecule has 2 aromatic heterocycles. The highest BCUT2D eigenvalue weighted by Crippen LogP contribution is 2.09. The molecule has 20 heavy (non-hydrogen) atoms. The maximum atomic E-state index is 11.8. The average molecular weight is 268 g/mol. The zero-order valence-electron chi connectivity index (χ0n) is 10.5. The van der Waals surface area contributed by atoms with Crippen LogP contribution in [0.15, 0.2) is 53.6 Å². The van der Waals surface area contributed by atoms with Crippen molar-refractivity contribution in [1.82, 2.24) is 9.38 Å². The van der Waals surface area contributed by atoms with Gasteiger partial charge in [0.2, 0.25) is 0 Å². The van der Waals surface area contributed by atoms with Crippen LogP contribution in [0.3, 0.4) is 0 Å². The van der Waals surface area contributed by atoms with Crippen LogP contribution in [0.4, 0.5) is 0 Å². The summed E-state index contributed by atoms with van der Waals surface area (Å²) in [5, 5.41) is 8.85. The number of carboxylic acids is 1. The van der Waals surface area contributed by atoms with Crippen molar-refractivity contribution in [3.63, 3.8) is 0 Å². The van der Waals surface area contributed by atoms with Crippen LogP contribution in [0.25, 0.3) is 5.52 Å². The van der Waals surface area contributed by atoms with Gasteiger partial charge in [0.15, 0.2) is 0 Å². The first-order chi connectivity index (χ1) is 9.63. The van der Waals surface area contributed by atoms with Crippen LogP contribution in [0.1, 0.15) is 21.6 Å². The molecule has 5 nitrogen and oxygen atoms in total. The van der Waals surface area contributed by atoms with E-state index in [1.807, 2.05) is 18.5 Å². The second kappa shape index (κ2) is 4.70. The maximum Gasteiger partial charge on any atom is 0.335 e. The van der Waals surface area contributed by atoms with E-state index in [0.717, 1.165) is 11.3 Å². The van der Waals surface area contributed by atoms with Crippen LogP contribution >= 0.6 is 0 Å². The Morgan fingerprint density at radius 1 is 1.20 bits per heavy atom. The average Bonchev–Trinajstić information content (AvgIpc) is 2.88. The molecule has 0 atom stereocenters. The molecule has 0 aliphatic carbocycles. The maximum absolute atomic E-state index is 11.8. The quantitative estimate of drug-likeness (QED) is 0.762. The summed E-state index contributed by atoms with van der Waals surface area (Å²) >= 11 is 0. The number of nitrogens with zero attached hydrogens (tertiary/aromatic N) is 1. The molecular weight excluding hydrogens is 256 g/mol. The highest BCUT2D eigenvalue weighted by atomic mass is 16.4. The van der Waals surface area contributed by atoms with Crippen LogP contribution in [-0.2, 0) is 6.42 Å². The molecule has 0 aliphatic heterocycles. The van der Waals surface area contributed by atoms with Crippen molar-refractivity contribution in [1.29, 1.82) is 0 Å². The van der Waals surface area contributed by atoms with Crippen molar-refractivity contribution in [3.05, 3.63) is 76.0 Å². The molecule has 0 amide bonds. The van der Waals surface area contributed by atoms with Crippen molar-refractivity contribution < 1.29 is 9.90 Å². The zero-order chi connectivity index (χ0) is 14.1. The fourth-order valence-corrected chi connectivity index (χ4v) is 2.18. The molecule has 0 bridgehead atoms. The highest BCUT2D eigenvalue weighted by Gasteiger charge is 2.05. The van der Waals surface area contributed by atoms with E-state index in [1.54, 1.807) is 34.7 Å². The molecule has 3 aromatic rings. The van der Waals surface area contributed by atoms with Crippen LogP contribution in [0.2, 0.25) is 0 Å². The number of aromatic amines is 1. The standard InChI is InChI=1S/C15H12N2O3/c18-14-13-2-1-7-17(13)9-12(16-14)8-10-3-5-11(6-4-10)15(19)20/h1-7,9H,8H2,(H,16,18)(H,19,20). The predicted octanol–water partition coefficient (Wildman–Crippen LogP) is 1.92. The van der Waals surface area contributed by atoms with Gasteiger partial charge in [-0.1, -0.05) is 12.1 Å². The van der Waals surface area contributed by atoms with E-state index in [0.29, 0.717) is 11.9 Å². The minimum atomic E-state index is -0.946. The third-order valence-corrected chi connectivity index (χ3v) is 3.18. The topological polar surface area (TPSA) is 74.6 Å². The Labute approximate surface area is 114 Å². The lowest BCUT2D eigenvalue weighted by Crippen LogP contribution is -2.12. The van der Waals surface area contributed by atoms with Gasteiger partial charge in [0, 0.05) is 24.5 Å². The van der Waals surface area contributed by atoms with Crippen molar-refractivity contribution >= 4 is 11.5 Å². The van der Waals surface area contributed by atoms with Gasteiger partial charge in [-0.05, 0) is 29.8 Å². The lowest BCUT2D eigenvalue weighted by Gasteiger charge is -2.04. The minimum Gasteiger partial charge on any atom is -0.478 e. The smallest absolute Gasteiger partial charge is 0.335 e. The van der Waals surface area contributed by atoms with Crippen molar-refractivity contribution in [2.45, 2.75) is 6.42 Å². The molecule has 0 saturated heterocycles. The van der Waals surface area contributed by atoms with Gasteiger partial charge in [-0.3, -0.25) is 4.79 Å². The summed E-state index contributed by atoms with van der Waals surface area (Å²) in [5.41, 5.74) is 2.45. The SMILES string of the molecule is O=C(O)c1ccc(Cc2cn3cccc3c(=O)[nH]2)cc1. The van der Waals surface area contributed by atoms with Crippen molar-refractivity contribution in [3.8, 4) is 0 Å². The number of hydrogen-bond donors (Lipinski definition) is 2. The molecule has 0 fully saturated rings. The molecule has 0 unspecified atom stereocenters. The summed E-state index contributed by atoms with van der Waals surface area (Å²) in [5.74, 6) is -0.946. The lowest BCUT2D eigenvalue weighted by molar-refractivity contribution is 0.0697. The first-order valence-corrected chi connectivity index (χ1v) is 6.14. The first kappa shape index (κ1) is 12.2. The van der Waals surface area contributed by atoms with E-state index in [9.17, 15) is 9.59 Å². The number of hydrogen-bond acceptors (Lipinski definition) is 2. The Morgan fingerprint density at radius 2 is 1.95 bits per heavy atom. The Balaban J connectivity index is 1.92. The molecule has 5 heteroatoms. The Kier molecular flexibility index (Phi) is 2.87. The number of carbonyl (C=O) groups is 1. The fraction of sp³-hybridized carbons (Fsp3) is 0.0667. The largest absolute Gasteiger partial charge is 0.478 e. The Hall–Kier alpha value is -2.82. The number of rotatable bonds is 3. The molecule has 0 saturated carbocycles. The summed E-state index contributed by atoms with van der Waals surface area (Å²) in [6.45, 7) is 0. The van der Waals surface area contributed by atoms with Gasteiger partial charge in [-0.25, -0.2) is 4.79 Å². The molecule has 0 radical (unpaired) electrons. The second-order valence-electron chi connectivity index (χ2n) is 4.59. The monoisotopic (exact) mass is 268 g/mol. The van der Waals surface area contributed by atoms with Gasteiger partial charge in [0.25, 0.3) is 5.56 Å². The number of H-pyrrole nitrogens is 1. The van der Waals surface area contributed by atoms with Crippen LogP contribution in [0.5, 0.6) is 0 Å². The number of nitrogens with one attached hydrogen (secondary N) is 1. The van der Waals surface area contributed by atoms with E-state index in [-0.39, 0.29) is 11.1 Å². The van der Waals surface area contributed by atoms with E-state index in [1.165, 1.54) is 0 Å². The summed E-state index contributed by atoms with van der Waals surface area (Å²) < 4.78 is 1.78. The molecule has 0 spiro atoms. The van der Waals surface area contributed by atoms with E-state index in [4.69, 9.17) is 5.11 Å². The predicted molar refractivity (Wildman–Crippen MR) is 74.2 cm³/mol. The van der Waals surface area contributed by atoms with Crippen LogP contribution in [-0.4, -0.2) is 20.5 Å². The summed E-state index contributed by atoms with van der Waals surface area (Å²) in [6, 6.07) is 10.2. The van der Waals surface area contributed by atoms with Gasteiger partial charge < -0.3 is 14.5 Å². The number of aromatic nitrogens is 2. The van der Waals surface area contributed by atoms with Gasteiger partial charge in [0.1, 0.15) is 5.52 Å². The zero-order valence-corrected chi connectivity index (χ0v) is 10.5. The highest BCUT2D eigenvalue weighted by molar-refractivity contribution is 5.87. The van der Waals surface area contributed by atoms with Gasteiger partial charge >= 0.3 is 5.97 Å². The second-order valence-corrected chi connectivity index (χ2v) is 4.59. The molecule has 100 valence electrons. The Morgan fingerprint density at radius 3 is 2.65 bits per heavy atom. The van der Waals surface area contributed by atoms with Crippen LogP contribution < -0.4 is 5.56 Å². The molecule has 2 N–H and O–H groups in total. The van der Waals surface area contributed by atoms with Gasteiger partial charge in [0.05, 0.1) is 5.56 Å². The van der Waals surface area contributed by atoms with Crippen molar-refractivity contribution in [2.75, 3.05) is 0 Å². The summed E-state index contributed by atoms with van der Waals surface area (Å²) in [4.78, 5) is 25.5.